The van der Waals surface area contributed by atoms with Gasteiger partial charge in [-0.2, -0.15) is 0 Å². The summed E-state index contributed by atoms with van der Waals surface area (Å²) in [6.45, 7) is 4.14. The van der Waals surface area contributed by atoms with Gasteiger partial charge in [-0.05, 0) is 12.1 Å². The van der Waals surface area contributed by atoms with Gasteiger partial charge in [-0.3, -0.25) is 0 Å². The van der Waals surface area contributed by atoms with Crippen LogP contribution in [0.1, 0.15) is 0 Å². The number of benzene rings is 1. The maximum atomic E-state index is 13.4. The van der Waals surface area contributed by atoms with E-state index >= 15 is 0 Å². The van der Waals surface area contributed by atoms with Crippen molar-refractivity contribution in [1.29, 1.82) is 0 Å². The van der Waals surface area contributed by atoms with E-state index in [0.29, 0.717) is 26.3 Å². The topological polar surface area (TPSA) is 59.8 Å². The van der Waals surface area contributed by atoms with E-state index in [2.05, 4.69) is 4.72 Å². The predicted octanol–water partition coefficient (Wildman–Crippen LogP) is -0.981. The third kappa shape index (κ3) is 3.97. The van der Waals surface area contributed by atoms with Gasteiger partial charge in [0.2, 0.25) is 10.0 Å². The molecule has 0 aromatic heterocycles. The van der Waals surface area contributed by atoms with E-state index in [1.165, 1.54) is 23.1 Å². The number of hydrogen-bond donors (Lipinski definition) is 2. The maximum absolute atomic E-state index is 13.4. The molecule has 0 radical (unpaired) electrons. The first kappa shape index (κ1) is 14.4. The van der Waals surface area contributed by atoms with Crippen molar-refractivity contribution in [2.75, 3.05) is 39.4 Å². The molecule has 0 amide bonds. The molecular formula is C12H18FN2O3S+. The molecule has 2 rings (SSSR count). The monoisotopic (exact) mass is 289 g/mol. The molecule has 106 valence electrons. The number of rotatable bonds is 5. The Hall–Kier alpha value is -1.02. The number of ether oxygens (including phenoxy) is 1. The minimum Gasteiger partial charge on any atom is -0.370 e. The molecule has 0 atom stereocenters. The maximum Gasteiger partial charge on any atom is 0.243 e. The van der Waals surface area contributed by atoms with Gasteiger partial charge in [-0.15, -0.1) is 0 Å². The van der Waals surface area contributed by atoms with Crippen molar-refractivity contribution in [3.63, 3.8) is 0 Å². The van der Waals surface area contributed by atoms with Crippen LogP contribution >= 0.6 is 0 Å². The lowest BCUT2D eigenvalue weighted by atomic mass is 10.4. The first-order valence-electron chi connectivity index (χ1n) is 6.25. The van der Waals surface area contributed by atoms with Gasteiger partial charge in [0.05, 0.1) is 26.3 Å². The van der Waals surface area contributed by atoms with Gasteiger partial charge in [0, 0.05) is 0 Å². The Morgan fingerprint density at radius 1 is 1.26 bits per heavy atom. The lowest BCUT2D eigenvalue weighted by Crippen LogP contribution is -3.14. The molecule has 1 saturated heterocycles. The summed E-state index contributed by atoms with van der Waals surface area (Å²) in [6.07, 6.45) is 0. The molecule has 0 aliphatic carbocycles. The number of sulfonamides is 1. The van der Waals surface area contributed by atoms with Gasteiger partial charge in [-0.25, -0.2) is 17.5 Å². The molecule has 1 aromatic rings. The molecule has 0 bridgehead atoms. The lowest BCUT2D eigenvalue weighted by Gasteiger charge is -2.23. The van der Waals surface area contributed by atoms with Crippen LogP contribution in [0, 0.1) is 5.82 Å². The summed E-state index contributed by atoms with van der Waals surface area (Å²) in [5, 5.41) is 0. The molecule has 1 aliphatic heterocycles. The zero-order valence-corrected chi connectivity index (χ0v) is 11.4. The summed E-state index contributed by atoms with van der Waals surface area (Å²) in [6, 6.07) is 5.37. The minimum atomic E-state index is -3.76. The minimum absolute atomic E-state index is 0.298. The SMILES string of the molecule is O=S(=O)(NCC[NH+]1CCOCC1)c1ccccc1F. The average Bonchev–Trinajstić information content (AvgIpc) is 2.40. The van der Waals surface area contributed by atoms with Crippen molar-refractivity contribution < 1.29 is 22.4 Å². The second-order valence-electron chi connectivity index (χ2n) is 4.44. The van der Waals surface area contributed by atoms with Crippen molar-refractivity contribution in [2.45, 2.75) is 4.90 Å². The van der Waals surface area contributed by atoms with E-state index in [9.17, 15) is 12.8 Å². The molecule has 5 nitrogen and oxygen atoms in total. The molecular weight excluding hydrogens is 271 g/mol. The second-order valence-corrected chi connectivity index (χ2v) is 6.18. The van der Waals surface area contributed by atoms with Crippen molar-refractivity contribution in [1.82, 2.24) is 4.72 Å². The van der Waals surface area contributed by atoms with Gasteiger partial charge in [0.25, 0.3) is 0 Å². The first-order valence-corrected chi connectivity index (χ1v) is 7.73. The molecule has 1 fully saturated rings. The van der Waals surface area contributed by atoms with Gasteiger partial charge in [0.1, 0.15) is 23.8 Å². The fourth-order valence-corrected chi connectivity index (χ4v) is 3.12. The van der Waals surface area contributed by atoms with E-state index in [0.717, 1.165) is 19.2 Å². The van der Waals surface area contributed by atoms with Crippen LogP contribution in [0.4, 0.5) is 4.39 Å². The molecule has 1 aromatic carbocycles. The zero-order valence-electron chi connectivity index (χ0n) is 10.6. The zero-order chi connectivity index (χ0) is 13.7. The summed E-state index contributed by atoms with van der Waals surface area (Å²) in [7, 11) is -3.76. The number of quaternary nitrogens is 1. The second kappa shape index (κ2) is 6.42. The van der Waals surface area contributed by atoms with Gasteiger partial charge in [-0.1, -0.05) is 12.1 Å². The molecule has 7 heteroatoms. The fourth-order valence-electron chi connectivity index (χ4n) is 2.01. The van der Waals surface area contributed by atoms with E-state index in [1.54, 1.807) is 0 Å². The van der Waals surface area contributed by atoms with Crippen LogP contribution in [0.3, 0.4) is 0 Å². The smallest absolute Gasteiger partial charge is 0.243 e. The summed E-state index contributed by atoms with van der Waals surface area (Å²) >= 11 is 0. The molecule has 1 aliphatic rings. The van der Waals surface area contributed by atoms with E-state index in [-0.39, 0.29) is 4.90 Å². The predicted molar refractivity (Wildman–Crippen MR) is 68.0 cm³/mol. The van der Waals surface area contributed by atoms with Crippen LogP contribution in [-0.2, 0) is 14.8 Å². The van der Waals surface area contributed by atoms with Crippen molar-refractivity contribution in [3.8, 4) is 0 Å². The summed E-state index contributed by atoms with van der Waals surface area (Å²) in [4.78, 5) is 0.995. The molecule has 2 N–H and O–H groups in total. The Bertz CT molecular complexity index is 515. The third-order valence-electron chi connectivity index (χ3n) is 3.10. The highest BCUT2D eigenvalue weighted by Gasteiger charge is 2.19. The quantitative estimate of drug-likeness (QED) is 0.732. The van der Waals surface area contributed by atoms with Crippen molar-refractivity contribution >= 4 is 10.0 Å². The highest BCUT2D eigenvalue weighted by Crippen LogP contribution is 2.12. The molecule has 0 saturated carbocycles. The van der Waals surface area contributed by atoms with Crippen LogP contribution in [0.5, 0.6) is 0 Å². The van der Waals surface area contributed by atoms with Gasteiger partial charge < -0.3 is 9.64 Å². The summed E-state index contributed by atoms with van der Waals surface area (Å²) < 4.78 is 44.9. The Balaban J connectivity index is 1.89. The van der Waals surface area contributed by atoms with Crippen LogP contribution in [0.15, 0.2) is 29.2 Å². The number of morpholine rings is 1. The Morgan fingerprint density at radius 3 is 2.63 bits per heavy atom. The largest absolute Gasteiger partial charge is 0.370 e. The van der Waals surface area contributed by atoms with Crippen molar-refractivity contribution in [3.05, 3.63) is 30.1 Å². The molecule has 0 unspecified atom stereocenters. The van der Waals surface area contributed by atoms with Gasteiger partial charge >= 0.3 is 0 Å². The summed E-state index contributed by atoms with van der Waals surface area (Å²) in [5.74, 6) is -0.728. The highest BCUT2D eigenvalue weighted by molar-refractivity contribution is 7.89. The van der Waals surface area contributed by atoms with Crippen LogP contribution < -0.4 is 9.62 Å². The number of hydrogen-bond acceptors (Lipinski definition) is 3. The summed E-state index contributed by atoms with van der Waals surface area (Å²) in [5.41, 5.74) is 0. The number of halogens is 1. The fraction of sp³-hybridized carbons (Fsp3) is 0.500. The van der Waals surface area contributed by atoms with E-state index < -0.39 is 15.8 Å². The van der Waals surface area contributed by atoms with Gasteiger partial charge in [0.15, 0.2) is 0 Å². The van der Waals surface area contributed by atoms with Crippen LogP contribution in [0.25, 0.3) is 0 Å². The highest BCUT2D eigenvalue weighted by atomic mass is 32.2. The molecule has 0 spiro atoms. The number of nitrogens with one attached hydrogen (secondary N) is 2. The van der Waals surface area contributed by atoms with E-state index in [4.69, 9.17) is 4.74 Å². The molecule has 1 heterocycles. The first-order chi connectivity index (χ1) is 9.09. The molecule has 19 heavy (non-hydrogen) atoms. The average molecular weight is 289 g/mol. The lowest BCUT2D eigenvalue weighted by molar-refractivity contribution is -0.906. The van der Waals surface area contributed by atoms with Crippen molar-refractivity contribution in [2.24, 2.45) is 0 Å². The Morgan fingerprint density at radius 2 is 1.95 bits per heavy atom. The van der Waals surface area contributed by atoms with E-state index in [1.807, 2.05) is 0 Å². The third-order valence-corrected chi connectivity index (χ3v) is 4.59. The Kier molecular flexibility index (Phi) is 4.87. The Labute approximate surface area is 112 Å². The van der Waals surface area contributed by atoms with Crippen LogP contribution in [-0.4, -0.2) is 47.8 Å². The normalized spacial score (nSPS) is 17.5. The van der Waals surface area contributed by atoms with Crippen LogP contribution in [0.2, 0.25) is 0 Å². The standard InChI is InChI=1S/C12H17FN2O3S/c13-11-3-1-2-4-12(11)19(16,17)14-5-6-15-7-9-18-10-8-15/h1-4,14H,5-10H2/p+1.